The molecular formula is C14H11F3N2. The van der Waals surface area contributed by atoms with Crippen LogP contribution in [0.25, 0.3) is 11.6 Å². The van der Waals surface area contributed by atoms with Crippen molar-refractivity contribution in [2.45, 2.75) is 19.0 Å². The van der Waals surface area contributed by atoms with E-state index in [1.54, 1.807) is 0 Å². The first-order valence-corrected chi connectivity index (χ1v) is 5.96. The molecule has 1 aliphatic rings. The summed E-state index contributed by atoms with van der Waals surface area (Å²) in [5.74, 6) is 0. The third-order valence-electron chi connectivity index (χ3n) is 3.24. The lowest BCUT2D eigenvalue weighted by Gasteiger charge is -2.03. The number of nitrogens with one attached hydrogen (secondary N) is 1. The first-order valence-electron chi connectivity index (χ1n) is 5.96. The number of H-pyrrole nitrogens is 1. The maximum Gasteiger partial charge on any atom is 0.433 e. The molecule has 0 saturated heterocycles. The van der Waals surface area contributed by atoms with Gasteiger partial charge in [0.25, 0.3) is 0 Å². The molecule has 0 bridgehead atoms. The van der Waals surface area contributed by atoms with Crippen LogP contribution in [0.4, 0.5) is 13.2 Å². The largest absolute Gasteiger partial charge is 0.433 e. The van der Waals surface area contributed by atoms with Crippen molar-refractivity contribution >= 4 is 11.6 Å². The summed E-state index contributed by atoms with van der Waals surface area (Å²) >= 11 is 0. The van der Waals surface area contributed by atoms with Gasteiger partial charge in [-0.05, 0) is 30.1 Å². The third-order valence-corrected chi connectivity index (χ3v) is 3.24. The fourth-order valence-electron chi connectivity index (χ4n) is 2.38. The number of halogens is 3. The monoisotopic (exact) mass is 264 g/mol. The van der Waals surface area contributed by atoms with E-state index in [1.807, 2.05) is 36.4 Å². The first-order chi connectivity index (χ1) is 9.05. The smallest absolute Gasteiger partial charge is 0.273 e. The van der Waals surface area contributed by atoms with Gasteiger partial charge in [-0.25, -0.2) is 0 Å². The normalized spacial score (nSPS) is 16.9. The molecule has 98 valence electrons. The molecular weight excluding hydrogens is 253 g/mol. The molecule has 1 N–H and O–H groups in total. The highest BCUT2D eigenvalue weighted by Gasteiger charge is 2.39. The Bertz CT molecular complexity index is 624. The van der Waals surface area contributed by atoms with Gasteiger partial charge in [0.1, 0.15) is 5.69 Å². The lowest BCUT2D eigenvalue weighted by atomic mass is 10.1. The molecule has 0 aliphatic heterocycles. The van der Waals surface area contributed by atoms with Gasteiger partial charge in [0.2, 0.25) is 0 Å². The van der Waals surface area contributed by atoms with E-state index in [0.717, 1.165) is 11.1 Å². The highest BCUT2D eigenvalue weighted by atomic mass is 19.4. The molecule has 1 aliphatic carbocycles. The number of hydrogen-bond donors (Lipinski definition) is 1. The van der Waals surface area contributed by atoms with Crippen molar-refractivity contribution in [1.29, 1.82) is 0 Å². The average Bonchev–Trinajstić information content (AvgIpc) is 2.92. The number of alkyl halides is 3. The van der Waals surface area contributed by atoms with E-state index in [9.17, 15) is 13.2 Å². The van der Waals surface area contributed by atoms with Crippen LogP contribution in [-0.4, -0.2) is 10.2 Å². The number of nitrogens with zero attached hydrogens (tertiary/aromatic N) is 1. The first kappa shape index (κ1) is 12.0. The van der Waals surface area contributed by atoms with Crippen LogP contribution in [0.15, 0.2) is 30.3 Å². The third kappa shape index (κ3) is 2.16. The van der Waals surface area contributed by atoms with Crippen LogP contribution >= 0.6 is 0 Å². The molecule has 0 unspecified atom stereocenters. The van der Waals surface area contributed by atoms with Gasteiger partial charge in [-0.1, -0.05) is 30.3 Å². The van der Waals surface area contributed by atoms with Crippen molar-refractivity contribution in [2.24, 2.45) is 0 Å². The molecule has 1 aromatic heterocycles. The summed E-state index contributed by atoms with van der Waals surface area (Å²) in [6.07, 6.45) is -1.47. The molecule has 19 heavy (non-hydrogen) atoms. The molecule has 5 heteroatoms. The van der Waals surface area contributed by atoms with Gasteiger partial charge in [-0.2, -0.15) is 18.3 Å². The van der Waals surface area contributed by atoms with Crippen molar-refractivity contribution in [3.63, 3.8) is 0 Å². The Balaban J connectivity index is 2.00. The molecule has 1 heterocycles. The van der Waals surface area contributed by atoms with Gasteiger partial charge >= 0.3 is 6.18 Å². The van der Waals surface area contributed by atoms with Crippen molar-refractivity contribution in [3.05, 3.63) is 52.8 Å². The number of hydrogen-bond acceptors (Lipinski definition) is 1. The summed E-state index contributed by atoms with van der Waals surface area (Å²) in [5.41, 5.74) is 1.86. The Hall–Kier alpha value is -2.04. The molecule has 2 aromatic rings. The van der Waals surface area contributed by atoms with Crippen LogP contribution in [0, 0.1) is 0 Å². The second-order valence-corrected chi connectivity index (χ2v) is 4.50. The van der Waals surface area contributed by atoms with Crippen molar-refractivity contribution in [2.75, 3.05) is 0 Å². The van der Waals surface area contributed by atoms with E-state index in [0.29, 0.717) is 18.5 Å². The Labute approximate surface area is 108 Å². The number of aromatic amines is 1. The molecule has 0 atom stereocenters. The minimum absolute atomic E-state index is 0.287. The SMILES string of the molecule is FC(F)(F)c1[nH]nc2c1CC/C2=C\c1ccccc1. The summed E-state index contributed by atoms with van der Waals surface area (Å²) in [5, 5.41) is 5.94. The second-order valence-electron chi connectivity index (χ2n) is 4.50. The summed E-state index contributed by atoms with van der Waals surface area (Å²) in [6, 6.07) is 9.53. The number of rotatable bonds is 1. The van der Waals surface area contributed by atoms with Crippen molar-refractivity contribution < 1.29 is 13.2 Å². The fraction of sp³-hybridized carbons (Fsp3) is 0.214. The van der Waals surface area contributed by atoms with Crippen LogP contribution in [-0.2, 0) is 12.6 Å². The summed E-state index contributed by atoms with van der Waals surface area (Å²) < 4.78 is 38.2. The zero-order valence-corrected chi connectivity index (χ0v) is 9.96. The van der Waals surface area contributed by atoms with E-state index < -0.39 is 11.9 Å². The van der Waals surface area contributed by atoms with Gasteiger partial charge in [0, 0.05) is 5.56 Å². The Morgan fingerprint density at radius 3 is 2.53 bits per heavy atom. The van der Waals surface area contributed by atoms with Crippen LogP contribution in [0.2, 0.25) is 0 Å². The Morgan fingerprint density at radius 1 is 1.11 bits per heavy atom. The Morgan fingerprint density at radius 2 is 1.84 bits per heavy atom. The number of allylic oxidation sites excluding steroid dienone is 1. The quantitative estimate of drug-likeness (QED) is 0.831. The maximum absolute atomic E-state index is 12.7. The van der Waals surface area contributed by atoms with Gasteiger partial charge in [0.15, 0.2) is 0 Å². The van der Waals surface area contributed by atoms with Gasteiger partial charge in [-0.15, -0.1) is 0 Å². The minimum Gasteiger partial charge on any atom is -0.273 e. The van der Waals surface area contributed by atoms with Gasteiger partial charge < -0.3 is 0 Å². The molecule has 3 rings (SSSR count). The topological polar surface area (TPSA) is 28.7 Å². The minimum atomic E-state index is -4.36. The molecule has 0 radical (unpaired) electrons. The zero-order valence-electron chi connectivity index (χ0n) is 9.96. The van der Waals surface area contributed by atoms with E-state index in [2.05, 4.69) is 10.2 Å². The van der Waals surface area contributed by atoms with E-state index >= 15 is 0 Å². The zero-order chi connectivity index (χ0) is 13.5. The van der Waals surface area contributed by atoms with Crippen LogP contribution in [0.3, 0.4) is 0 Å². The molecule has 0 saturated carbocycles. The molecule has 2 nitrogen and oxygen atoms in total. The number of aromatic nitrogens is 2. The molecule has 0 spiro atoms. The Kier molecular flexibility index (Phi) is 2.69. The maximum atomic E-state index is 12.7. The fourth-order valence-corrected chi connectivity index (χ4v) is 2.38. The highest BCUT2D eigenvalue weighted by molar-refractivity contribution is 5.84. The lowest BCUT2D eigenvalue weighted by molar-refractivity contribution is -0.141. The van der Waals surface area contributed by atoms with Gasteiger partial charge in [-0.3, -0.25) is 5.10 Å². The van der Waals surface area contributed by atoms with Crippen molar-refractivity contribution in [1.82, 2.24) is 10.2 Å². The van der Waals surface area contributed by atoms with E-state index in [4.69, 9.17) is 0 Å². The number of benzene rings is 1. The van der Waals surface area contributed by atoms with E-state index in [1.165, 1.54) is 0 Å². The predicted octanol–water partition coefficient (Wildman–Crippen LogP) is 3.92. The number of fused-ring (bicyclic) bond motifs is 1. The average molecular weight is 264 g/mol. The summed E-state index contributed by atoms with van der Waals surface area (Å²) in [4.78, 5) is 0. The van der Waals surface area contributed by atoms with Crippen molar-refractivity contribution in [3.8, 4) is 0 Å². The van der Waals surface area contributed by atoms with Crippen LogP contribution in [0.5, 0.6) is 0 Å². The second kappa shape index (κ2) is 4.26. The van der Waals surface area contributed by atoms with E-state index in [-0.39, 0.29) is 5.56 Å². The summed E-state index contributed by atoms with van der Waals surface area (Å²) in [6.45, 7) is 0. The van der Waals surface area contributed by atoms with Crippen LogP contribution in [0.1, 0.15) is 28.9 Å². The molecule has 0 amide bonds. The molecule has 1 aromatic carbocycles. The standard InChI is InChI=1S/C14H11F3N2/c15-14(16,17)13-11-7-6-10(12(11)18-19-13)8-9-4-2-1-3-5-9/h1-5,8H,6-7H2,(H,18,19)/b10-8+. The van der Waals surface area contributed by atoms with Crippen LogP contribution < -0.4 is 0 Å². The highest BCUT2D eigenvalue weighted by Crippen LogP contribution is 2.39. The van der Waals surface area contributed by atoms with Gasteiger partial charge in [0.05, 0.1) is 5.69 Å². The molecule has 0 fully saturated rings. The summed E-state index contributed by atoms with van der Waals surface area (Å²) in [7, 11) is 0. The lowest BCUT2D eigenvalue weighted by Crippen LogP contribution is -2.08. The predicted molar refractivity (Wildman–Crippen MR) is 66.2 cm³/mol.